The molecule has 2 N–H and O–H groups in total. The van der Waals surface area contributed by atoms with Crippen molar-refractivity contribution in [3.8, 4) is 11.4 Å². The summed E-state index contributed by atoms with van der Waals surface area (Å²) in [5.74, 6) is 6.35. The van der Waals surface area contributed by atoms with Crippen molar-refractivity contribution >= 4 is 33.7 Å². The zero-order valence-electron chi connectivity index (χ0n) is 13.1. The monoisotopic (exact) mass is 418 g/mol. The Bertz CT molecular complexity index is 870. The van der Waals surface area contributed by atoms with E-state index in [0.717, 1.165) is 15.6 Å². The van der Waals surface area contributed by atoms with E-state index >= 15 is 0 Å². The van der Waals surface area contributed by atoms with Crippen LogP contribution in [0.15, 0.2) is 64.2 Å². The van der Waals surface area contributed by atoms with Gasteiger partial charge >= 0.3 is 5.97 Å². The average Bonchev–Trinajstić information content (AvgIpc) is 3.00. The van der Waals surface area contributed by atoms with Crippen LogP contribution in [-0.4, -0.2) is 26.6 Å². The number of nitrogen functional groups attached to an aromatic ring is 1. The van der Waals surface area contributed by atoms with Crippen molar-refractivity contribution in [1.29, 1.82) is 0 Å². The molecule has 6 nitrogen and oxygen atoms in total. The fourth-order valence-electron chi connectivity index (χ4n) is 2.10. The second-order valence-electron chi connectivity index (χ2n) is 5.12. The highest BCUT2D eigenvalue weighted by Gasteiger charge is 2.14. The molecular formula is C17H15BrN4O2S. The number of ether oxygens (including phenoxy) is 1. The molecule has 0 radical (unpaired) electrons. The van der Waals surface area contributed by atoms with Crippen molar-refractivity contribution in [3.63, 3.8) is 0 Å². The molecule has 0 aliphatic carbocycles. The fraction of sp³-hybridized carbons (Fsp3) is 0.118. The van der Waals surface area contributed by atoms with Gasteiger partial charge in [-0.1, -0.05) is 70.2 Å². The summed E-state index contributed by atoms with van der Waals surface area (Å²) in [6, 6.07) is 17.1. The van der Waals surface area contributed by atoms with Gasteiger partial charge in [0, 0.05) is 10.0 Å². The first-order valence-corrected chi connectivity index (χ1v) is 9.20. The first kappa shape index (κ1) is 17.5. The Labute approximate surface area is 157 Å². The number of halogens is 1. The second-order valence-corrected chi connectivity index (χ2v) is 6.98. The Hall–Kier alpha value is -2.32. The van der Waals surface area contributed by atoms with Crippen molar-refractivity contribution in [2.45, 2.75) is 11.8 Å². The van der Waals surface area contributed by atoms with E-state index in [0.29, 0.717) is 11.0 Å². The molecule has 0 aliphatic rings. The summed E-state index contributed by atoms with van der Waals surface area (Å²) in [4.78, 5) is 11.9. The third-order valence-electron chi connectivity index (χ3n) is 3.31. The Balaban J connectivity index is 1.58. The smallest absolute Gasteiger partial charge is 0.316 e. The third kappa shape index (κ3) is 4.61. The van der Waals surface area contributed by atoms with Crippen molar-refractivity contribution in [2.75, 3.05) is 11.6 Å². The van der Waals surface area contributed by atoms with Gasteiger partial charge in [0.1, 0.15) is 6.61 Å². The van der Waals surface area contributed by atoms with Gasteiger partial charge in [-0.15, -0.1) is 10.2 Å². The number of aromatic nitrogens is 3. The summed E-state index contributed by atoms with van der Waals surface area (Å²) in [6.45, 7) is 0.249. The van der Waals surface area contributed by atoms with Crippen LogP contribution in [0.25, 0.3) is 11.4 Å². The lowest BCUT2D eigenvalue weighted by atomic mass is 10.2. The molecule has 0 amide bonds. The molecule has 0 saturated carbocycles. The molecule has 0 atom stereocenters. The van der Waals surface area contributed by atoms with E-state index in [1.165, 1.54) is 16.4 Å². The van der Waals surface area contributed by atoms with E-state index in [1.54, 1.807) is 0 Å². The number of carbonyl (C=O) groups excluding carboxylic acids is 1. The standard InChI is InChI=1S/C17H15BrN4O2S/c18-14-8-4-7-13(9-14)16-20-21-17(22(16)19)25-11-15(23)24-10-12-5-2-1-3-6-12/h1-9H,10-11,19H2. The minimum absolute atomic E-state index is 0.112. The van der Waals surface area contributed by atoms with Gasteiger partial charge in [-0.25, -0.2) is 4.68 Å². The highest BCUT2D eigenvalue weighted by molar-refractivity contribution is 9.10. The maximum absolute atomic E-state index is 11.9. The predicted octanol–water partition coefficient (Wildman–Crippen LogP) is 3.26. The maximum Gasteiger partial charge on any atom is 0.316 e. The molecule has 128 valence electrons. The molecular weight excluding hydrogens is 404 g/mol. The Morgan fingerprint density at radius 2 is 1.96 bits per heavy atom. The number of hydrogen-bond donors (Lipinski definition) is 1. The van der Waals surface area contributed by atoms with Crippen LogP contribution in [0.3, 0.4) is 0 Å². The normalized spacial score (nSPS) is 10.6. The molecule has 0 fully saturated rings. The van der Waals surface area contributed by atoms with Crippen LogP contribution in [0.5, 0.6) is 0 Å². The Morgan fingerprint density at radius 3 is 2.72 bits per heavy atom. The van der Waals surface area contributed by atoms with Crippen molar-refractivity contribution in [3.05, 3.63) is 64.6 Å². The van der Waals surface area contributed by atoms with Crippen LogP contribution < -0.4 is 5.84 Å². The molecule has 1 heterocycles. The van der Waals surface area contributed by atoms with Crippen LogP contribution in [0.2, 0.25) is 0 Å². The fourth-order valence-corrected chi connectivity index (χ4v) is 3.16. The van der Waals surface area contributed by atoms with Crippen LogP contribution >= 0.6 is 27.7 Å². The number of hydrogen-bond acceptors (Lipinski definition) is 6. The van der Waals surface area contributed by atoms with E-state index < -0.39 is 0 Å². The lowest BCUT2D eigenvalue weighted by Crippen LogP contribution is -2.13. The van der Waals surface area contributed by atoms with Gasteiger partial charge in [0.2, 0.25) is 5.16 Å². The molecule has 0 spiro atoms. The maximum atomic E-state index is 11.9. The SMILES string of the molecule is Nn1c(SCC(=O)OCc2ccccc2)nnc1-c1cccc(Br)c1. The Morgan fingerprint density at radius 1 is 1.16 bits per heavy atom. The summed E-state index contributed by atoms with van der Waals surface area (Å²) in [6.07, 6.45) is 0. The van der Waals surface area contributed by atoms with Crippen LogP contribution in [0, 0.1) is 0 Å². The van der Waals surface area contributed by atoms with E-state index in [2.05, 4.69) is 26.1 Å². The van der Waals surface area contributed by atoms with Gasteiger partial charge in [-0.3, -0.25) is 4.79 Å². The van der Waals surface area contributed by atoms with Gasteiger partial charge in [0.15, 0.2) is 5.82 Å². The first-order chi connectivity index (χ1) is 12.1. The summed E-state index contributed by atoms with van der Waals surface area (Å²) in [5.41, 5.74) is 1.78. The number of benzene rings is 2. The van der Waals surface area contributed by atoms with Crippen molar-refractivity contribution in [2.24, 2.45) is 0 Å². The number of thioether (sulfide) groups is 1. The third-order valence-corrected chi connectivity index (χ3v) is 4.72. The highest BCUT2D eigenvalue weighted by Crippen LogP contribution is 2.24. The molecule has 0 unspecified atom stereocenters. The van der Waals surface area contributed by atoms with E-state index in [9.17, 15) is 4.79 Å². The quantitative estimate of drug-likeness (QED) is 0.375. The largest absolute Gasteiger partial charge is 0.460 e. The lowest BCUT2D eigenvalue weighted by Gasteiger charge is -2.05. The second kappa shape index (κ2) is 8.17. The molecule has 3 aromatic rings. The first-order valence-electron chi connectivity index (χ1n) is 7.42. The van der Waals surface area contributed by atoms with Gasteiger partial charge in [-0.05, 0) is 17.7 Å². The molecule has 2 aromatic carbocycles. The number of nitrogens with zero attached hydrogens (tertiary/aromatic N) is 3. The van der Waals surface area contributed by atoms with E-state index in [-0.39, 0.29) is 18.3 Å². The number of nitrogens with two attached hydrogens (primary N) is 1. The minimum atomic E-state index is -0.333. The number of rotatable bonds is 6. The molecule has 3 rings (SSSR count). The van der Waals surface area contributed by atoms with E-state index in [1.807, 2.05) is 54.6 Å². The highest BCUT2D eigenvalue weighted by atomic mass is 79.9. The minimum Gasteiger partial charge on any atom is -0.460 e. The van der Waals surface area contributed by atoms with E-state index in [4.69, 9.17) is 10.6 Å². The average molecular weight is 419 g/mol. The molecule has 0 aliphatic heterocycles. The lowest BCUT2D eigenvalue weighted by molar-refractivity contribution is -0.141. The van der Waals surface area contributed by atoms with Gasteiger partial charge < -0.3 is 10.6 Å². The molecule has 8 heteroatoms. The molecule has 0 saturated heterocycles. The molecule has 0 bridgehead atoms. The van der Waals surface area contributed by atoms with Crippen LogP contribution in [0.4, 0.5) is 0 Å². The van der Waals surface area contributed by atoms with Crippen molar-refractivity contribution in [1.82, 2.24) is 14.9 Å². The topological polar surface area (TPSA) is 83.0 Å². The molecule has 25 heavy (non-hydrogen) atoms. The van der Waals surface area contributed by atoms with Gasteiger partial charge in [0.25, 0.3) is 0 Å². The molecule has 1 aromatic heterocycles. The zero-order chi connectivity index (χ0) is 17.6. The summed E-state index contributed by atoms with van der Waals surface area (Å²) < 4.78 is 7.53. The number of carbonyl (C=O) groups is 1. The van der Waals surface area contributed by atoms with Crippen molar-refractivity contribution < 1.29 is 9.53 Å². The van der Waals surface area contributed by atoms with Crippen LogP contribution in [-0.2, 0) is 16.1 Å². The van der Waals surface area contributed by atoms with Crippen LogP contribution in [0.1, 0.15) is 5.56 Å². The summed E-state index contributed by atoms with van der Waals surface area (Å²) in [5, 5.41) is 8.58. The number of esters is 1. The summed E-state index contributed by atoms with van der Waals surface area (Å²) in [7, 11) is 0. The zero-order valence-corrected chi connectivity index (χ0v) is 15.5. The summed E-state index contributed by atoms with van der Waals surface area (Å²) >= 11 is 4.60. The Kier molecular flexibility index (Phi) is 5.72. The predicted molar refractivity (Wildman–Crippen MR) is 100 cm³/mol. The van der Waals surface area contributed by atoms with Gasteiger partial charge in [0.05, 0.1) is 5.75 Å². The van der Waals surface area contributed by atoms with Gasteiger partial charge in [-0.2, -0.15) is 0 Å².